The third-order valence-electron chi connectivity index (χ3n) is 4.35. The molecule has 3 rings (SSSR count). The van der Waals surface area contributed by atoms with E-state index in [0.717, 1.165) is 37.2 Å². The average molecular weight is 294 g/mol. The SMILES string of the molecule is CC1CN(C)CCN1c1cc(Cl)ccc1CNC1CC1. The summed E-state index contributed by atoms with van der Waals surface area (Å²) >= 11 is 6.23. The van der Waals surface area contributed by atoms with Crippen molar-refractivity contribution in [1.82, 2.24) is 10.2 Å². The van der Waals surface area contributed by atoms with Crippen LogP contribution in [0.25, 0.3) is 0 Å². The van der Waals surface area contributed by atoms with E-state index in [1.165, 1.54) is 24.1 Å². The Balaban J connectivity index is 1.80. The van der Waals surface area contributed by atoms with Crippen LogP contribution in [0.2, 0.25) is 5.02 Å². The van der Waals surface area contributed by atoms with E-state index in [-0.39, 0.29) is 0 Å². The molecule has 0 bridgehead atoms. The molecule has 1 atom stereocenters. The van der Waals surface area contributed by atoms with Gasteiger partial charge in [0.05, 0.1) is 0 Å². The topological polar surface area (TPSA) is 18.5 Å². The maximum absolute atomic E-state index is 6.23. The van der Waals surface area contributed by atoms with Crippen LogP contribution in [0.15, 0.2) is 18.2 Å². The number of hydrogen-bond donors (Lipinski definition) is 1. The Kier molecular flexibility index (Phi) is 4.20. The highest BCUT2D eigenvalue weighted by Crippen LogP contribution is 2.29. The minimum absolute atomic E-state index is 0.534. The Morgan fingerprint density at radius 1 is 1.30 bits per heavy atom. The molecule has 1 N–H and O–H groups in total. The molecule has 1 unspecified atom stereocenters. The number of piperazine rings is 1. The summed E-state index contributed by atoms with van der Waals surface area (Å²) in [5, 5.41) is 4.45. The number of rotatable bonds is 4. The molecular formula is C16H24ClN3. The van der Waals surface area contributed by atoms with E-state index >= 15 is 0 Å². The number of nitrogens with zero attached hydrogens (tertiary/aromatic N) is 2. The minimum Gasteiger partial charge on any atom is -0.366 e. The highest BCUT2D eigenvalue weighted by atomic mass is 35.5. The molecule has 1 aliphatic carbocycles. The van der Waals surface area contributed by atoms with Crippen molar-refractivity contribution >= 4 is 17.3 Å². The first kappa shape index (κ1) is 14.2. The summed E-state index contributed by atoms with van der Waals surface area (Å²) in [6.45, 7) is 6.56. The molecule has 1 heterocycles. The molecule has 2 fully saturated rings. The third-order valence-corrected chi connectivity index (χ3v) is 4.58. The van der Waals surface area contributed by atoms with Gasteiger partial charge in [-0.1, -0.05) is 17.7 Å². The van der Waals surface area contributed by atoms with Crippen molar-refractivity contribution < 1.29 is 0 Å². The number of likely N-dealkylation sites (N-methyl/N-ethyl adjacent to an activating group) is 1. The molecule has 1 saturated heterocycles. The molecule has 1 aliphatic heterocycles. The van der Waals surface area contributed by atoms with E-state index in [0.29, 0.717) is 6.04 Å². The molecule has 1 aromatic carbocycles. The zero-order valence-corrected chi connectivity index (χ0v) is 13.2. The van der Waals surface area contributed by atoms with Crippen LogP contribution in [0.5, 0.6) is 0 Å². The van der Waals surface area contributed by atoms with Crippen molar-refractivity contribution in [3.8, 4) is 0 Å². The van der Waals surface area contributed by atoms with Gasteiger partial charge in [-0.05, 0) is 44.5 Å². The lowest BCUT2D eigenvalue weighted by atomic mass is 10.1. The second-order valence-corrected chi connectivity index (χ2v) is 6.67. The standard InChI is InChI=1S/C16H24ClN3/c1-12-11-19(2)7-8-20(12)16-9-14(17)4-3-13(16)10-18-15-5-6-15/h3-4,9,12,15,18H,5-8,10-11H2,1-2H3. The van der Waals surface area contributed by atoms with Gasteiger partial charge < -0.3 is 15.1 Å². The van der Waals surface area contributed by atoms with Crippen LogP contribution >= 0.6 is 11.6 Å². The Hall–Kier alpha value is -0.770. The summed E-state index contributed by atoms with van der Waals surface area (Å²) < 4.78 is 0. The molecule has 0 radical (unpaired) electrons. The summed E-state index contributed by atoms with van der Waals surface area (Å²) in [6.07, 6.45) is 2.65. The van der Waals surface area contributed by atoms with Gasteiger partial charge in [-0.15, -0.1) is 0 Å². The van der Waals surface area contributed by atoms with Gasteiger partial charge in [-0.2, -0.15) is 0 Å². The maximum atomic E-state index is 6.23. The molecule has 3 nitrogen and oxygen atoms in total. The lowest BCUT2D eigenvalue weighted by Gasteiger charge is -2.40. The first-order valence-electron chi connectivity index (χ1n) is 7.60. The van der Waals surface area contributed by atoms with Gasteiger partial charge in [0.15, 0.2) is 0 Å². The lowest BCUT2D eigenvalue weighted by Crippen LogP contribution is -2.50. The highest BCUT2D eigenvalue weighted by Gasteiger charge is 2.25. The van der Waals surface area contributed by atoms with Gasteiger partial charge >= 0.3 is 0 Å². The molecule has 2 aliphatic rings. The lowest BCUT2D eigenvalue weighted by molar-refractivity contribution is 0.275. The fourth-order valence-electron chi connectivity index (χ4n) is 2.99. The summed E-state index contributed by atoms with van der Waals surface area (Å²) in [4.78, 5) is 4.91. The van der Waals surface area contributed by atoms with Crippen molar-refractivity contribution in [3.05, 3.63) is 28.8 Å². The van der Waals surface area contributed by atoms with E-state index < -0.39 is 0 Å². The van der Waals surface area contributed by atoms with Crippen molar-refractivity contribution in [2.24, 2.45) is 0 Å². The normalized spacial score (nSPS) is 24.1. The zero-order chi connectivity index (χ0) is 14.1. The van der Waals surface area contributed by atoms with Gasteiger partial charge in [-0.3, -0.25) is 0 Å². The highest BCUT2D eigenvalue weighted by molar-refractivity contribution is 6.30. The van der Waals surface area contributed by atoms with Crippen LogP contribution in [0.4, 0.5) is 5.69 Å². The van der Waals surface area contributed by atoms with Gasteiger partial charge in [0.1, 0.15) is 0 Å². The molecule has 0 aromatic heterocycles. The Bertz CT molecular complexity index is 473. The van der Waals surface area contributed by atoms with E-state index in [1.54, 1.807) is 0 Å². The van der Waals surface area contributed by atoms with Crippen molar-refractivity contribution in [2.45, 2.75) is 38.4 Å². The number of halogens is 1. The molecule has 4 heteroatoms. The monoisotopic (exact) mass is 293 g/mol. The number of anilines is 1. The molecular weight excluding hydrogens is 270 g/mol. The minimum atomic E-state index is 0.534. The molecule has 0 amide bonds. The fraction of sp³-hybridized carbons (Fsp3) is 0.625. The van der Waals surface area contributed by atoms with Gasteiger partial charge in [0.2, 0.25) is 0 Å². The van der Waals surface area contributed by atoms with Crippen LogP contribution < -0.4 is 10.2 Å². The second kappa shape index (κ2) is 5.92. The number of hydrogen-bond acceptors (Lipinski definition) is 3. The number of nitrogens with one attached hydrogen (secondary N) is 1. The fourth-order valence-corrected chi connectivity index (χ4v) is 3.16. The molecule has 0 spiro atoms. The van der Waals surface area contributed by atoms with Gasteiger partial charge in [-0.25, -0.2) is 0 Å². The number of benzene rings is 1. The van der Waals surface area contributed by atoms with Crippen LogP contribution in [-0.2, 0) is 6.54 Å². The molecule has 110 valence electrons. The predicted octanol–water partition coefficient (Wildman–Crippen LogP) is 2.73. The second-order valence-electron chi connectivity index (χ2n) is 6.23. The van der Waals surface area contributed by atoms with Gasteiger partial charge in [0.25, 0.3) is 0 Å². The molecule has 1 aromatic rings. The van der Waals surface area contributed by atoms with E-state index in [9.17, 15) is 0 Å². The van der Waals surface area contributed by atoms with Crippen LogP contribution in [0, 0.1) is 0 Å². The van der Waals surface area contributed by atoms with Crippen molar-refractivity contribution in [3.63, 3.8) is 0 Å². The smallest absolute Gasteiger partial charge is 0.0430 e. The molecule has 1 saturated carbocycles. The Morgan fingerprint density at radius 2 is 2.10 bits per heavy atom. The first-order valence-corrected chi connectivity index (χ1v) is 7.98. The van der Waals surface area contributed by atoms with Crippen LogP contribution in [0.3, 0.4) is 0 Å². The zero-order valence-electron chi connectivity index (χ0n) is 12.4. The van der Waals surface area contributed by atoms with E-state index in [4.69, 9.17) is 11.6 Å². The maximum Gasteiger partial charge on any atom is 0.0430 e. The van der Waals surface area contributed by atoms with E-state index in [1.807, 2.05) is 6.07 Å². The Labute approximate surface area is 126 Å². The van der Waals surface area contributed by atoms with Crippen LogP contribution in [0.1, 0.15) is 25.3 Å². The summed E-state index contributed by atoms with van der Waals surface area (Å²) in [5.74, 6) is 0. The Morgan fingerprint density at radius 3 is 2.80 bits per heavy atom. The van der Waals surface area contributed by atoms with Crippen molar-refractivity contribution in [1.29, 1.82) is 0 Å². The predicted molar refractivity (Wildman–Crippen MR) is 85.6 cm³/mol. The summed E-state index contributed by atoms with van der Waals surface area (Å²) in [6, 6.07) is 7.59. The van der Waals surface area contributed by atoms with Gasteiger partial charge in [0, 0.05) is 49.0 Å². The quantitative estimate of drug-likeness (QED) is 0.921. The largest absolute Gasteiger partial charge is 0.366 e. The average Bonchev–Trinajstić information content (AvgIpc) is 3.21. The summed E-state index contributed by atoms with van der Waals surface area (Å²) in [7, 11) is 2.20. The molecule has 20 heavy (non-hydrogen) atoms. The van der Waals surface area contributed by atoms with Crippen LogP contribution in [-0.4, -0.2) is 43.7 Å². The van der Waals surface area contributed by atoms with E-state index in [2.05, 4.69) is 41.2 Å². The first-order chi connectivity index (χ1) is 9.63. The van der Waals surface area contributed by atoms with Crippen molar-refractivity contribution in [2.75, 3.05) is 31.6 Å². The third kappa shape index (κ3) is 3.27. The summed E-state index contributed by atoms with van der Waals surface area (Å²) in [5.41, 5.74) is 2.68.